The molecule has 1 atom stereocenters. The highest BCUT2D eigenvalue weighted by Crippen LogP contribution is 2.07. The molecular weight excluding hydrogens is 174 g/mol. The van der Waals surface area contributed by atoms with Crippen LogP contribution in [0.2, 0.25) is 0 Å². The summed E-state index contributed by atoms with van der Waals surface area (Å²) in [5.41, 5.74) is 1.30. The summed E-state index contributed by atoms with van der Waals surface area (Å²) < 4.78 is 5.63. The normalized spacial score (nSPS) is 22.2. The van der Waals surface area contributed by atoms with Crippen molar-refractivity contribution in [2.24, 2.45) is 0 Å². The molecule has 0 aromatic rings. The molecule has 1 N–H and O–H groups in total. The Kier molecular flexibility index (Phi) is 4.74. The van der Waals surface area contributed by atoms with Crippen LogP contribution >= 0.6 is 0 Å². The van der Waals surface area contributed by atoms with Gasteiger partial charge in [0.05, 0.1) is 5.76 Å². The zero-order valence-electron chi connectivity index (χ0n) is 9.47. The Bertz CT molecular complexity index is 220. The van der Waals surface area contributed by atoms with E-state index in [0.29, 0.717) is 6.04 Å². The molecule has 1 aliphatic rings. The number of rotatable bonds is 4. The van der Waals surface area contributed by atoms with Gasteiger partial charge in [-0.2, -0.15) is 0 Å². The molecule has 2 heteroatoms. The van der Waals surface area contributed by atoms with Gasteiger partial charge in [-0.05, 0) is 46.2 Å². The van der Waals surface area contributed by atoms with Crippen molar-refractivity contribution >= 4 is 0 Å². The summed E-state index contributed by atoms with van der Waals surface area (Å²) in [5, 5.41) is 3.41. The first-order chi connectivity index (χ1) is 6.68. The Morgan fingerprint density at radius 3 is 2.71 bits per heavy atom. The smallest absolute Gasteiger partial charge is 0.103 e. The number of hydrogen-bond donors (Lipinski definition) is 1. The predicted molar refractivity (Wildman–Crippen MR) is 60.2 cm³/mol. The molecule has 1 rings (SSSR count). The van der Waals surface area contributed by atoms with Gasteiger partial charge in [0.15, 0.2) is 0 Å². The molecule has 80 valence electrons. The van der Waals surface area contributed by atoms with Crippen molar-refractivity contribution in [2.75, 3.05) is 13.2 Å². The molecule has 1 unspecified atom stereocenters. The van der Waals surface area contributed by atoms with Crippen molar-refractivity contribution < 1.29 is 4.74 Å². The lowest BCUT2D eigenvalue weighted by Crippen LogP contribution is -2.26. The van der Waals surface area contributed by atoms with Gasteiger partial charge in [0, 0.05) is 6.04 Å². The standard InChI is InChI=1S/C12H21NO/c1-10(2)6-7-11(3)14-9-12-5-4-8-13-12/h6-7,12-13H,4-5,8-9H2,1-3H3/b11-7+. The van der Waals surface area contributed by atoms with Gasteiger partial charge in [-0.3, -0.25) is 0 Å². The van der Waals surface area contributed by atoms with Crippen molar-refractivity contribution in [3.63, 3.8) is 0 Å². The minimum Gasteiger partial charge on any atom is -0.497 e. The summed E-state index contributed by atoms with van der Waals surface area (Å²) in [6.45, 7) is 8.13. The highest BCUT2D eigenvalue weighted by Gasteiger charge is 2.13. The fraction of sp³-hybridized carbons (Fsp3) is 0.667. The lowest BCUT2D eigenvalue weighted by atomic mass is 10.2. The topological polar surface area (TPSA) is 21.3 Å². The molecule has 0 aliphatic carbocycles. The van der Waals surface area contributed by atoms with Gasteiger partial charge in [0.25, 0.3) is 0 Å². The first kappa shape index (κ1) is 11.3. The van der Waals surface area contributed by atoms with E-state index < -0.39 is 0 Å². The lowest BCUT2D eigenvalue weighted by molar-refractivity contribution is 0.188. The maximum absolute atomic E-state index is 5.63. The molecular formula is C12H21NO. The lowest BCUT2D eigenvalue weighted by Gasteiger charge is -2.11. The van der Waals surface area contributed by atoms with E-state index in [0.717, 1.165) is 18.9 Å². The SMILES string of the molecule is CC(C)=C/C=C(\C)OCC1CCCN1. The second-order valence-corrected chi connectivity index (χ2v) is 4.13. The average molecular weight is 195 g/mol. The molecule has 0 bridgehead atoms. The maximum atomic E-state index is 5.63. The van der Waals surface area contributed by atoms with Crippen LogP contribution in [0.5, 0.6) is 0 Å². The monoisotopic (exact) mass is 195 g/mol. The van der Waals surface area contributed by atoms with Gasteiger partial charge < -0.3 is 10.1 Å². The molecule has 0 amide bonds. The number of allylic oxidation sites excluding steroid dienone is 4. The summed E-state index contributed by atoms with van der Waals surface area (Å²) >= 11 is 0. The van der Waals surface area contributed by atoms with Crippen LogP contribution in [-0.4, -0.2) is 19.2 Å². The second-order valence-electron chi connectivity index (χ2n) is 4.13. The van der Waals surface area contributed by atoms with E-state index in [1.165, 1.54) is 18.4 Å². The molecule has 1 saturated heterocycles. The third-order valence-electron chi connectivity index (χ3n) is 2.33. The van der Waals surface area contributed by atoms with Crippen molar-refractivity contribution in [3.05, 3.63) is 23.5 Å². The van der Waals surface area contributed by atoms with Gasteiger partial charge in [-0.1, -0.05) is 11.6 Å². The fourth-order valence-electron chi connectivity index (χ4n) is 1.46. The van der Waals surface area contributed by atoms with E-state index in [9.17, 15) is 0 Å². The van der Waals surface area contributed by atoms with Crippen molar-refractivity contribution in [3.8, 4) is 0 Å². The molecule has 2 nitrogen and oxygen atoms in total. The van der Waals surface area contributed by atoms with Crippen LogP contribution in [0.15, 0.2) is 23.5 Å². The van der Waals surface area contributed by atoms with E-state index in [4.69, 9.17) is 4.74 Å². The highest BCUT2D eigenvalue weighted by atomic mass is 16.5. The van der Waals surface area contributed by atoms with Crippen LogP contribution in [0.1, 0.15) is 33.6 Å². The molecule has 0 radical (unpaired) electrons. The summed E-state index contributed by atoms with van der Waals surface area (Å²) in [6, 6.07) is 0.560. The molecule has 14 heavy (non-hydrogen) atoms. The number of nitrogens with one attached hydrogen (secondary N) is 1. The summed E-state index contributed by atoms with van der Waals surface area (Å²) in [7, 11) is 0. The van der Waals surface area contributed by atoms with Crippen molar-refractivity contribution in [1.29, 1.82) is 0 Å². The van der Waals surface area contributed by atoms with Gasteiger partial charge in [0.1, 0.15) is 6.61 Å². The molecule has 0 aromatic heterocycles. The van der Waals surface area contributed by atoms with Crippen molar-refractivity contribution in [2.45, 2.75) is 39.7 Å². The second kappa shape index (κ2) is 5.86. The van der Waals surface area contributed by atoms with Gasteiger partial charge in [-0.25, -0.2) is 0 Å². The summed E-state index contributed by atoms with van der Waals surface area (Å²) in [5.74, 6) is 1.000. The Hall–Kier alpha value is -0.760. The van der Waals surface area contributed by atoms with E-state index in [1.54, 1.807) is 0 Å². The van der Waals surface area contributed by atoms with Crippen LogP contribution in [-0.2, 0) is 4.74 Å². The van der Waals surface area contributed by atoms with Gasteiger partial charge >= 0.3 is 0 Å². The summed E-state index contributed by atoms with van der Waals surface area (Å²) in [4.78, 5) is 0. The third-order valence-corrected chi connectivity index (χ3v) is 2.33. The Labute approximate surface area is 87.0 Å². The van der Waals surface area contributed by atoms with E-state index in [1.807, 2.05) is 13.0 Å². The zero-order chi connectivity index (χ0) is 10.4. The van der Waals surface area contributed by atoms with Gasteiger partial charge in [-0.15, -0.1) is 0 Å². The van der Waals surface area contributed by atoms with Crippen LogP contribution in [0, 0.1) is 0 Å². The quantitative estimate of drug-likeness (QED) is 0.550. The van der Waals surface area contributed by atoms with Crippen LogP contribution < -0.4 is 5.32 Å². The Morgan fingerprint density at radius 2 is 2.14 bits per heavy atom. The molecule has 0 saturated carbocycles. The van der Waals surface area contributed by atoms with Crippen LogP contribution in [0.3, 0.4) is 0 Å². The summed E-state index contributed by atoms with van der Waals surface area (Å²) in [6.07, 6.45) is 6.64. The van der Waals surface area contributed by atoms with E-state index in [2.05, 4.69) is 25.2 Å². The maximum Gasteiger partial charge on any atom is 0.103 e. The minimum atomic E-state index is 0.560. The highest BCUT2D eigenvalue weighted by molar-refractivity contribution is 5.10. The molecule has 1 fully saturated rings. The first-order valence-electron chi connectivity index (χ1n) is 5.36. The predicted octanol–water partition coefficient (Wildman–Crippen LogP) is 2.63. The van der Waals surface area contributed by atoms with E-state index in [-0.39, 0.29) is 0 Å². The number of ether oxygens (including phenoxy) is 1. The zero-order valence-corrected chi connectivity index (χ0v) is 9.47. The first-order valence-corrected chi connectivity index (χ1v) is 5.36. The molecule has 0 aromatic carbocycles. The largest absolute Gasteiger partial charge is 0.497 e. The fourth-order valence-corrected chi connectivity index (χ4v) is 1.46. The third kappa shape index (κ3) is 4.47. The van der Waals surface area contributed by atoms with Crippen LogP contribution in [0.4, 0.5) is 0 Å². The van der Waals surface area contributed by atoms with Crippen molar-refractivity contribution in [1.82, 2.24) is 5.32 Å². The molecule has 1 heterocycles. The Balaban J connectivity index is 2.22. The Morgan fingerprint density at radius 1 is 1.36 bits per heavy atom. The van der Waals surface area contributed by atoms with Gasteiger partial charge in [0.2, 0.25) is 0 Å². The number of hydrogen-bond acceptors (Lipinski definition) is 2. The molecule has 0 spiro atoms. The molecule has 1 aliphatic heterocycles. The minimum absolute atomic E-state index is 0.560. The van der Waals surface area contributed by atoms with E-state index >= 15 is 0 Å². The average Bonchev–Trinajstić information content (AvgIpc) is 2.63. The van der Waals surface area contributed by atoms with Crippen LogP contribution in [0.25, 0.3) is 0 Å².